The third-order valence-electron chi connectivity index (χ3n) is 3.98. The highest BCUT2D eigenvalue weighted by atomic mass is 32.1. The van der Waals surface area contributed by atoms with Gasteiger partial charge in [0.15, 0.2) is 0 Å². The summed E-state index contributed by atoms with van der Waals surface area (Å²) in [7, 11) is 0. The molecule has 1 aliphatic heterocycles. The maximum absolute atomic E-state index is 12.4. The molecular formula is C18H21NO2S. The fourth-order valence-electron chi connectivity index (χ4n) is 2.77. The summed E-state index contributed by atoms with van der Waals surface area (Å²) in [4.78, 5) is 15.7. The van der Waals surface area contributed by atoms with Crippen LogP contribution in [-0.4, -0.2) is 30.5 Å². The van der Waals surface area contributed by atoms with Crippen LogP contribution >= 0.6 is 11.3 Å². The second-order valence-electron chi connectivity index (χ2n) is 5.54. The van der Waals surface area contributed by atoms with Gasteiger partial charge in [0.2, 0.25) is 5.91 Å². The molecule has 0 bridgehead atoms. The summed E-state index contributed by atoms with van der Waals surface area (Å²) >= 11 is 1.76. The second kappa shape index (κ2) is 7.56. The zero-order valence-electron chi connectivity index (χ0n) is 12.6. The molecule has 2 aromatic rings. The van der Waals surface area contributed by atoms with Gasteiger partial charge < -0.3 is 9.64 Å². The Morgan fingerprint density at radius 3 is 2.86 bits per heavy atom. The largest absolute Gasteiger partial charge is 0.370 e. The zero-order chi connectivity index (χ0) is 15.2. The summed E-state index contributed by atoms with van der Waals surface area (Å²) in [5.41, 5.74) is 1.15. The van der Waals surface area contributed by atoms with Crippen LogP contribution in [0.2, 0.25) is 0 Å². The lowest BCUT2D eigenvalue weighted by molar-refractivity contribution is -0.139. The molecule has 1 aromatic carbocycles. The molecule has 116 valence electrons. The van der Waals surface area contributed by atoms with Gasteiger partial charge in [0, 0.05) is 17.8 Å². The summed E-state index contributed by atoms with van der Waals surface area (Å²) < 4.78 is 5.82. The molecule has 1 aromatic heterocycles. The van der Waals surface area contributed by atoms with E-state index in [1.165, 1.54) is 4.88 Å². The first-order chi connectivity index (χ1) is 10.8. The monoisotopic (exact) mass is 315 g/mol. The van der Waals surface area contributed by atoms with E-state index in [9.17, 15) is 4.79 Å². The molecule has 4 heteroatoms. The molecule has 0 saturated carbocycles. The Hall–Kier alpha value is -1.65. The minimum absolute atomic E-state index is 0.0104. The van der Waals surface area contributed by atoms with E-state index in [0.29, 0.717) is 26.1 Å². The van der Waals surface area contributed by atoms with E-state index in [2.05, 4.69) is 29.6 Å². The molecule has 3 rings (SSSR count). The number of amides is 1. The first-order valence-corrected chi connectivity index (χ1v) is 8.67. The van der Waals surface area contributed by atoms with E-state index in [4.69, 9.17) is 4.74 Å². The van der Waals surface area contributed by atoms with Crippen LogP contribution in [0.3, 0.4) is 0 Å². The van der Waals surface area contributed by atoms with Gasteiger partial charge in [0.1, 0.15) is 6.10 Å². The van der Waals surface area contributed by atoms with Crippen molar-refractivity contribution in [2.75, 3.05) is 19.7 Å². The maximum Gasteiger partial charge on any atom is 0.222 e. The van der Waals surface area contributed by atoms with E-state index in [-0.39, 0.29) is 12.0 Å². The lowest BCUT2D eigenvalue weighted by Gasteiger charge is -2.33. The number of ether oxygens (including phenoxy) is 1. The summed E-state index contributed by atoms with van der Waals surface area (Å²) in [5.74, 6) is 0.251. The van der Waals surface area contributed by atoms with Crippen LogP contribution in [0, 0.1) is 0 Å². The Bertz CT molecular complexity index is 582. The number of hydrogen-bond donors (Lipinski definition) is 0. The minimum atomic E-state index is 0.0104. The third kappa shape index (κ3) is 3.96. The predicted octanol–water partition coefficient (Wildman–Crippen LogP) is 3.67. The van der Waals surface area contributed by atoms with Crippen LogP contribution in [0.5, 0.6) is 0 Å². The Labute approximate surface area is 135 Å². The Morgan fingerprint density at radius 1 is 1.23 bits per heavy atom. The Kier molecular flexibility index (Phi) is 5.24. The van der Waals surface area contributed by atoms with Crippen molar-refractivity contribution in [3.05, 3.63) is 58.3 Å². The number of rotatable bonds is 5. The molecule has 2 heterocycles. The Balaban J connectivity index is 1.49. The number of morpholine rings is 1. The number of aryl methyl sites for hydroxylation is 1. The molecule has 1 amide bonds. The lowest BCUT2D eigenvalue weighted by atomic mass is 10.1. The van der Waals surface area contributed by atoms with Crippen LogP contribution in [0.15, 0.2) is 47.8 Å². The van der Waals surface area contributed by atoms with Crippen molar-refractivity contribution < 1.29 is 9.53 Å². The van der Waals surface area contributed by atoms with Crippen molar-refractivity contribution in [3.8, 4) is 0 Å². The van der Waals surface area contributed by atoms with Gasteiger partial charge >= 0.3 is 0 Å². The highest BCUT2D eigenvalue weighted by Gasteiger charge is 2.24. The summed E-state index contributed by atoms with van der Waals surface area (Å²) in [6, 6.07) is 14.4. The normalized spacial score (nSPS) is 18.4. The smallest absolute Gasteiger partial charge is 0.222 e. The quantitative estimate of drug-likeness (QED) is 0.842. The zero-order valence-corrected chi connectivity index (χ0v) is 13.4. The molecular weight excluding hydrogens is 294 g/mol. The van der Waals surface area contributed by atoms with Crippen molar-refractivity contribution in [2.45, 2.75) is 25.4 Å². The maximum atomic E-state index is 12.4. The van der Waals surface area contributed by atoms with Crippen molar-refractivity contribution in [1.29, 1.82) is 0 Å². The summed E-state index contributed by atoms with van der Waals surface area (Å²) in [6.45, 7) is 2.00. The molecule has 0 aliphatic carbocycles. The number of carbonyl (C=O) groups excluding carboxylic acids is 1. The van der Waals surface area contributed by atoms with Gasteiger partial charge in [-0.15, -0.1) is 11.3 Å². The van der Waals surface area contributed by atoms with Crippen LogP contribution in [0.1, 0.15) is 29.4 Å². The van der Waals surface area contributed by atoms with Crippen molar-refractivity contribution in [2.24, 2.45) is 0 Å². The van der Waals surface area contributed by atoms with Gasteiger partial charge in [-0.05, 0) is 29.9 Å². The van der Waals surface area contributed by atoms with Crippen LogP contribution in [0.4, 0.5) is 0 Å². The SMILES string of the molecule is O=C(CCCc1cccs1)N1CCOC(c2ccccc2)C1. The molecule has 1 saturated heterocycles. The van der Waals surface area contributed by atoms with Crippen molar-refractivity contribution in [3.63, 3.8) is 0 Å². The average Bonchev–Trinajstić information content (AvgIpc) is 3.09. The molecule has 0 radical (unpaired) electrons. The fraction of sp³-hybridized carbons (Fsp3) is 0.389. The Morgan fingerprint density at radius 2 is 2.09 bits per heavy atom. The van der Waals surface area contributed by atoms with Crippen molar-refractivity contribution in [1.82, 2.24) is 4.90 Å². The number of nitrogens with zero attached hydrogens (tertiary/aromatic N) is 1. The lowest BCUT2D eigenvalue weighted by Crippen LogP contribution is -2.42. The van der Waals surface area contributed by atoms with E-state index >= 15 is 0 Å². The standard InChI is InChI=1S/C18H21NO2S/c20-18(10-4-8-16-9-5-13-22-16)19-11-12-21-17(14-19)15-6-2-1-3-7-15/h1-3,5-7,9,13,17H,4,8,10-12,14H2. The van der Waals surface area contributed by atoms with Gasteiger partial charge in [0.25, 0.3) is 0 Å². The number of benzene rings is 1. The molecule has 22 heavy (non-hydrogen) atoms. The van der Waals surface area contributed by atoms with Crippen LogP contribution < -0.4 is 0 Å². The van der Waals surface area contributed by atoms with E-state index in [1.54, 1.807) is 11.3 Å². The van der Waals surface area contributed by atoms with Crippen LogP contribution in [0.25, 0.3) is 0 Å². The molecule has 0 N–H and O–H groups in total. The second-order valence-corrected chi connectivity index (χ2v) is 6.58. The molecule has 1 unspecified atom stereocenters. The van der Waals surface area contributed by atoms with Gasteiger partial charge in [-0.25, -0.2) is 0 Å². The first kappa shape index (κ1) is 15.3. The molecule has 1 aliphatic rings. The van der Waals surface area contributed by atoms with Gasteiger partial charge in [-0.1, -0.05) is 36.4 Å². The van der Waals surface area contributed by atoms with Crippen LogP contribution in [-0.2, 0) is 16.0 Å². The molecule has 0 spiro atoms. The third-order valence-corrected chi connectivity index (χ3v) is 4.92. The number of hydrogen-bond acceptors (Lipinski definition) is 3. The van der Waals surface area contributed by atoms with Gasteiger partial charge in [-0.2, -0.15) is 0 Å². The van der Waals surface area contributed by atoms with Gasteiger partial charge in [0.05, 0.1) is 13.2 Å². The predicted molar refractivity (Wildman–Crippen MR) is 89.0 cm³/mol. The average molecular weight is 315 g/mol. The van der Waals surface area contributed by atoms with Gasteiger partial charge in [-0.3, -0.25) is 4.79 Å². The first-order valence-electron chi connectivity index (χ1n) is 7.79. The summed E-state index contributed by atoms with van der Waals surface area (Å²) in [6.07, 6.45) is 2.55. The minimum Gasteiger partial charge on any atom is -0.370 e. The van der Waals surface area contributed by atoms with E-state index in [0.717, 1.165) is 18.4 Å². The fourth-order valence-corrected chi connectivity index (χ4v) is 3.52. The van der Waals surface area contributed by atoms with Crippen molar-refractivity contribution >= 4 is 17.2 Å². The molecule has 3 nitrogen and oxygen atoms in total. The van der Waals surface area contributed by atoms with E-state index < -0.39 is 0 Å². The topological polar surface area (TPSA) is 29.5 Å². The number of thiophene rings is 1. The molecule has 1 fully saturated rings. The summed E-state index contributed by atoms with van der Waals surface area (Å²) in [5, 5.41) is 2.09. The van der Waals surface area contributed by atoms with E-state index in [1.807, 2.05) is 23.1 Å². The molecule has 1 atom stereocenters. The highest BCUT2D eigenvalue weighted by molar-refractivity contribution is 7.09. The highest BCUT2D eigenvalue weighted by Crippen LogP contribution is 2.22. The number of carbonyl (C=O) groups is 1.